The Morgan fingerprint density at radius 1 is 1.24 bits per heavy atom. The van der Waals surface area contributed by atoms with E-state index in [1.807, 2.05) is 0 Å². The lowest BCUT2D eigenvalue weighted by molar-refractivity contribution is 0.762. The molecule has 1 aliphatic carbocycles. The van der Waals surface area contributed by atoms with Gasteiger partial charge in [-0.05, 0) is 62.6 Å². The SMILES string of the molecule is CCN(CC)c1ccc(NC2CCc3sc(Cl)cc32)cc1. The molecule has 1 atom stereocenters. The average Bonchev–Trinajstić information content (AvgIpc) is 3.02. The molecular formula is C17H21ClN2S. The fraction of sp³-hybridized carbons (Fsp3) is 0.412. The molecule has 1 heterocycles. The molecule has 0 fully saturated rings. The van der Waals surface area contributed by atoms with Crippen molar-refractivity contribution in [3.05, 3.63) is 45.1 Å². The van der Waals surface area contributed by atoms with Gasteiger partial charge in [-0.1, -0.05) is 11.6 Å². The Labute approximate surface area is 135 Å². The van der Waals surface area contributed by atoms with E-state index in [1.165, 1.54) is 21.8 Å². The fourth-order valence-corrected chi connectivity index (χ4v) is 4.40. The molecule has 0 aliphatic heterocycles. The van der Waals surface area contributed by atoms with E-state index >= 15 is 0 Å². The van der Waals surface area contributed by atoms with Crippen molar-refractivity contribution in [3.8, 4) is 0 Å². The van der Waals surface area contributed by atoms with Gasteiger partial charge in [-0.3, -0.25) is 0 Å². The summed E-state index contributed by atoms with van der Waals surface area (Å²) in [6.07, 6.45) is 2.30. The lowest BCUT2D eigenvalue weighted by Gasteiger charge is -2.22. The molecule has 112 valence electrons. The monoisotopic (exact) mass is 320 g/mol. The first-order chi connectivity index (χ1) is 10.2. The summed E-state index contributed by atoms with van der Waals surface area (Å²) < 4.78 is 0.906. The van der Waals surface area contributed by atoms with Gasteiger partial charge in [-0.15, -0.1) is 11.3 Å². The van der Waals surface area contributed by atoms with Crippen LogP contribution >= 0.6 is 22.9 Å². The number of nitrogens with one attached hydrogen (secondary N) is 1. The van der Waals surface area contributed by atoms with Crippen molar-refractivity contribution in [1.82, 2.24) is 0 Å². The third-order valence-electron chi connectivity index (χ3n) is 4.18. The molecular weight excluding hydrogens is 300 g/mol. The van der Waals surface area contributed by atoms with Crippen molar-refractivity contribution in [3.63, 3.8) is 0 Å². The molecule has 21 heavy (non-hydrogen) atoms. The van der Waals surface area contributed by atoms with Gasteiger partial charge in [0.05, 0.1) is 10.4 Å². The summed E-state index contributed by atoms with van der Waals surface area (Å²) in [4.78, 5) is 3.80. The molecule has 0 bridgehead atoms. The topological polar surface area (TPSA) is 15.3 Å². The highest BCUT2D eigenvalue weighted by molar-refractivity contribution is 7.16. The number of rotatable bonds is 5. The van der Waals surface area contributed by atoms with Gasteiger partial charge in [0.2, 0.25) is 0 Å². The molecule has 0 radical (unpaired) electrons. The van der Waals surface area contributed by atoms with E-state index in [2.05, 4.69) is 54.4 Å². The van der Waals surface area contributed by atoms with Gasteiger partial charge in [-0.2, -0.15) is 0 Å². The minimum Gasteiger partial charge on any atom is -0.378 e. The van der Waals surface area contributed by atoms with E-state index in [4.69, 9.17) is 11.6 Å². The third kappa shape index (κ3) is 3.04. The summed E-state index contributed by atoms with van der Waals surface area (Å²) in [5.74, 6) is 0. The van der Waals surface area contributed by atoms with E-state index in [0.29, 0.717) is 6.04 Å². The number of fused-ring (bicyclic) bond motifs is 1. The summed E-state index contributed by atoms with van der Waals surface area (Å²) in [5.41, 5.74) is 3.86. The quantitative estimate of drug-likeness (QED) is 0.799. The molecule has 0 saturated heterocycles. The van der Waals surface area contributed by atoms with Crippen LogP contribution < -0.4 is 10.2 Å². The van der Waals surface area contributed by atoms with E-state index in [-0.39, 0.29) is 0 Å². The highest BCUT2D eigenvalue weighted by Gasteiger charge is 2.24. The second-order valence-electron chi connectivity index (χ2n) is 5.38. The van der Waals surface area contributed by atoms with Crippen LogP contribution in [0, 0.1) is 0 Å². The lowest BCUT2D eigenvalue weighted by atomic mass is 10.1. The van der Waals surface area contributed by atoms with Crippen LogP contribution in [0.25, 0.3) is 0 Å². The lowest BCUT2D eigenvalue weighted by Crippen LogP contribution is -2.21. The van der Waals surface area contributed by atoms with Crippen molar-refractivity contribution >= 4 is 34.3 Å². The Bertz CT molecular complexity index is 602. The molecule has 0 amide bonds. The average molecular weight is 321 g/mol. The van der Waals surface area contributed by atoms with Crippen LogP contribution in [0.1, 0.15) is 36.8 Å². The van der Waals surface area contributed by atoms with Crippen molar-refractivity contribution in [2.75, 3.05) is 23.3 Å². The van der Waals surface area contributed by atoms with Crippen LogP contribution in [0.4, 0.5) is 11.4 Å². The Morgan fingerprint density at radius 3 is 2.62 bits per heavy atom. The molecule has 4 heteroatoms. The molecule has 2 nitrogen and oxygen atoms in total. The zero-order chi connectivity index (χ0) is 14.8. The normalized spacial score (nSPS) is 16.8. The highest BCUT2D eigenvalue weighted by Crippen LogP contribution is 2.40. The number of hydrogen-bond donors (Lipinski definition) is 1. The van der Waals surface area contributed by atoms with Crippen LogP contribution in [0.5, 0.6) is 0 Å². The fourth-order valence-electron chi connectivity index (χ4n) is 3.04. The number of thiophene rings is 1. The maximum absolute atomic E-state index is 6.12. The molecule has 0 spiro atoms. The predicted molar refractivity (Wildman–Crippen MR) is 94.0 cm³/mol. The van der Waals surface area contributed by atoms with Gasteiger partial charge in [0, 0.05) is 29.3 Å². The van der Waals surface area contributed by atoms with Crippen LogP contribution in [0.2, 0.25) is 4.34 Å². The van der Waals surface area contributed by atoms with Crippen LogP contribution in [-0.4, -0.2) is 13.1 Å². The highest BCUT2D eigenvalue weighted by atomic mass is 35.5. The maximum atomic E-state index is 6.12. The van der Waals surface area contributed by atoms with Crippen molar-refractivity contribution in [1.29, 1.82) is 0 Å². The summed E-state index contributed by atoms with van der Waals surface area (Å²) in [7, 11) is 0. The number of hydrogen-bond acceptors (Lipinski definition) is 3. The molecule has 1 aliphatic rings. The molecule has 1 aromatic heterocycles. The second kappa shape index (κ2) is 6.29. The van der Waals surface area contributed by atoms with E-state index in [1.54, 1.807) is 11.3 Å². The van der Waals surface area contributed by atoms with E-state index in [9.17, 15) is 0 Å². The molecule has 1 aromatic carbocycles. The summed E-state index contributed by atoms with van der Waals surface area (Å²) in [6.45, 7) is 6.47. The third-order valence-corrected chi connectivity index (χ3v) is 5.52. The van der Waals surface area contributed by atoms with E-state index in [0.717, 1.165) is 30.3 Å². The smallest absolute Gasteiger partial charge is 0.0934 e. The molecule has 1 unspecified atom stereocenters. The number of benzene rings is 1. The summed E-state index contributed by atoms with van der Waals surface area (Å²) in [6, 6.07) is 11.3. The zero-order valence-corrected chi connectivity index (χ0v) is 14.1. The first-order valence-electron chi connectivity index (χ1n) is 7.61. The van der Waals surface area contributed by atoms with Gasteiger partial charge < -0.3 is 10.2 Å². The Kier molecular flexibility index (Phi) is 4.41. The standard InChI is InChI=1S/C17H21ClN2S/c1-3-20(4-2)13-7-5-12(6-8-13)19-15-9-10-16-14(15)11-17(18)21-16/h5-8,11,15,19H,3-4,9-10H2,1-2H3. The molecule has 3 rings (SSSR count). The van der Waals surface area contributed by atoms with Crippen molar-refractivity contribution < 1.29 is 0 Å². The van der Waals surface area contributed by atoms with Crippen LogP contribution in [0.3, 0.4) is 0 Å². The maximum Gasteiger partial charge on any atom is 0.0934 e. The second-order valence-corrected chi connectivity index (χ2v) is 7.15. The number of aryl methyl sites for hydroxylation is 1. The first kappa shape index (κ1) is 14.7. The molecule has 1 N–H and O–H groups in total. The minimum absolute atomic E-state index is 0.406. The van der Waals surface area contributed by atoms with Gasteiger partial charge >= 0.3 is 0 Å². The zero-order valence-electron chi connectivity index (χ0n) is 12.5. The van der Waals surface area contributed by atoms with Crippen molar-refractivity contribution in [2.24, 2.45) is 0 Å². The van der Waals surface area contributed by atoms with Gasteiger partial charge in [0.1, 0.15) is 0 Å². The number of halogens is 1. The van der Waals surface area contributed by atoms with Crippen LogP contribution in [-0.2, 0) is 6.42 Å². The first-order valence-corrected chi connectivity index (χ1v) is 8.80. The minimum atomic E-state index is 0.406. The molecule has 0 saturated carbocycles. The number of nitrogens with zero attached hydrogens (tertiary/aromatic N) is 1. The van der Waals surface area contributed by atoms with E-state index < -0.39 is 0 Å². The van der Waals surface area contributed by atoms with Gasteiger partial charge in [0.15, 0.2) is 0 Å². The Balaban J connectivity index is 1.71. The summed E-state index contributed by atoms with van der Waals surface area (Å²) >= 11 is 7.84. The van der Waals surface area contributed by atoms with Gasteiger partial charge in [0.25, 0.3) is 0 Å². The van der Waals surface area contributed by atoms with Gasteiger partial charge in [-0.25, -0.2) is 0 Å². The Hall–Kier alpha value is -1.19. The predicted octanol–water partition coefficient (Wildman–Crippen LogP) is 5.35. The number of anilines is 2. The summed E-state index contributed by atoms with van der Waals surface area (Å²) in [5, 5.41) is 3.64. The van der Waals surface area contributed by atoms with Crippen LogP contribution in [0.15, 0.2) is 30.3 Å². The Morgan fingerprint density at radius 2 is 1.95 bits per heavy atom. The largest absolute Gasteiger partial charge is 0.378 e. The van der Waals surface area contributed by atoms with Crippen molar-refractivity contribution in [2.45, 2.75) is 32.7 Å². The molecule has 2 aromatic rings.